The lowest BCUT2D eigenvalue weighted by molar-refractivity contribution is -0.277. The van der Waals surface area contributed by atoms with Crippen molar-refractivity contribution >= 4 is 11.0 Å². The van der Waals surface area contributed by atoms with Gasteiger partial charge >= 0.3 is 0 Å². The van der Waals surface area contributed by atoms with Crippen LogP contribution >= 0.6 is 0 Å². The highest BCUT2D eigenvalue weighted by molar-refractivity contribution is 5.83. The molecule has 5 atom stereocenters. The minimum Gasteiger partial charge on any atom is -0.490 e. The van der Waals surface area contributed by atoms with Gasteiger partial charge in [0.1, 0.15) is 42.0 Å². The molecule has 0 unspecified atom stereocenters. The predicted octanol–water partition coefficient (Wildman–Crippen LogP) is 0.800. The molecule has 1 saturated heterocycles. The van der Waals surface area contributed by atoms with E-state index in [1.807, 2.05) is 0 Å². The van der Waals surface area contributed by atoms with Crippen LogP contribution in [-0.2, 0) is 4.74 Å². The SMILES string of the molecule is O=c1c(-c2ccc3c(c2)OCCCO3)coc2cc(O[C@H]3O[C@H](CO)[C@@H](O)[C@@H](O)[C@@H]3O)ccc12. The number of benzene rings is 2. The van der Waals surface area contributed by atoms with E-state index in [0.717, 1.165) is 6.42 Å². The van der Waals surface area contributed by atoms with Gasteiger partial charge in [-0.1, -0.05) is 6.07 Å². The first-order valence-electron chi connectivity index (χ1n) is 10.9. The van der Waals surface area contributed by atoms with Crippen molar-refractivity contribution in [3.05, 3.63) is 52.9 Å². The van der Waals surface area contributed by atoms with Crippen molar-refractivity contribution in [3.63, 3.8) is 0 Å². The summed E-state index contributed by atoms with van der Waals surface area (Å²) in [6.07, 6.45) is -4.93. The fourth-order valence-corrected chi connectivity index (χ4v) is 4.01. The molecule has 34 heavy (non-hydrogen) atoms. The second kappa shape index (κ2) is 9.24. The van der Waals surface area contributed by atoms with Crippen LogP contribution in [0, 0.1) is 0 Å². The first-order chi connectivity index (χ1) is 16.5. The minimum absolute atomic E-state index is 0.198. The Balaban J connectivity index is 1.42. The average molecular weight is 472 g/mol. The number of hydrogen-bond donors (Lipinski definition) is 4. The smallest absolute Gasteiger partial charge is 0.229 e. The van der Waals surface area contributed by atoms with E-state index in [2.05, 4.69) is 0 Å². The van der Waals surface area contributed by atoms with Gasteiger partial charge in [-0.05, 0) is 29.8 Å². The number of aliphatic hydroxyl groups is 4. The number of rotatable bonds is 4. The van der Waals surface area contributed by atoms with Gasteiger partial charge in [-0.15, -0.1) is 0 Å². The van der Waals surface area contributed by atoms with Crippen LogP contribution in [0.15, 0.2) is 51.9 Å². The third-order valence-corrected chi connectivity index (χ3v) is 5.91. The molecule has 0 bridgehead atoms. The first-order valence-corrected chi connectivity index (χ1v) is 10.9. The summed E-state index contributed by atoms with van der Waals surface area (Å²) in [5, 5.41) is 39.6. The Morgan fingerprint density at radius 3 is 2.53 bits per heavy atom. The van der Waals surface area contributed by atoms with E-state index in [-0.39, 0.29) is 16.8 Å². The molecule has 2 aromatic carbocycles. The van der Waals surface area contributed by atoms with Crippen LogP contribution in [0.3, 0.4) is 0 Å². The highest BCUT2D eigenvalue weighted by Gasteiger charge is 2.44. The monoisotopic (exact) mass is 472 g/mol. The second-order valence-electron chi connectivity index (χ2n) is 8.16. The molecule has 2 aliphatic heterocycles. The van der Waals surface area contributed by atoms with E-state index in [9.17, 15) is 25.2 Å². The lowest BCUT2D eigenvalue weighted by atomic mass is 9.99. The highest BCUT2D eigenvalue weighted by atomic mass is 16.7. The molecular weight excluding hydrogens is 448 g/mol. The Hall–Kier alpha value is -3.15. The number of hydrogen-bond acceptors (Lipinski definition) is 10. The third kappa shape index (κ3) is 4.10. The molecule has 2 aliphatic rings. The molecule has 0 amide bonds. The van der Waals surface area contributed by atoms with E-state index in [0.29, 0.717) is 41.2 Å². The Bertz CT molecular complexity index is 1240. The summed E-state index contributed by atoms with van der Waals surface area (Å²) in [6.45, 7) is 0.526. The third-order valence-electron chi connectivity index (χ3n) is 5.91. The normalized spacial score (nSPS) is 26.8. The Morgan fingerprint density at radius 2 is 1.74 bits per heavy atom. The van der Waals surface area contributed by atoms with E-state index in [4.69, 9.17) is 23.4 Å². The zero-order chi connectivity index (χ0) is 23.8. The largest absolute Gasteiger partial charge is 0.490 e. The quantitative estimate of drug-likeness (QED) is 0.430. The molecule has 180 valence electrons. The molecule has 3 aromatic rings. The lowest BCUT2D eigenvalue weighted by Crippen LogP contribution is -2.60. The van der Waals surface area contributed by atoms with Gasteiger partial charge < -0.3 is 43.8 Å². The topological polar surface area (TPSA) is 148 Å². The molecule has 0 aliphatic carbocycles. The van der Waals surface area contributed by atoms with Crippen molar-refractivity contribution in [2.45, 2.75) is 37.1 Å². The highest BCUT2D eigenvalue weighted by Crippen LogP contribution is 2.34. The molecule has 0 spiro atoms. The van der Waals surface area contributed by atoms with Crippen LogP contribution < -0.4 is 19.6 Å². The fourth-order valence-electron chi connectivity index (χ4n) is 4.01. The molecule has 3 heterocycles. The van der Waals surface area contributed by atoms with Crippen molar-refractivity contribution in [3.8, 4) is 28.4 Å². The molecule has 10 heteroatoms. The lowest BCUT2D eigenvalue weighted by Gasteiger charge is -2.39. The molecule has 4 N–H and O–H groups in total. The van der Waals surface area contributed by atoms with Gasteiger partial charge in [0.15, 0.2) is 16.9 Å². The second-order valence-corrected chi connectivity index (χ2v) is 8.16. The number of aliphatic hydroxyl groups excluding tert-OH is 4. The molecule has 1 fully saturated rings. The number of fused-ring (bicyclic) bond motifs is 2. The Morgan fingerprint density at radius 1 is 0.941 bits per heavy atom. The van der Waals surface area contributed by atoms with Crippen LogP contribution in [0.5, 0.6) is 17.2 Å². The van der Waals surface area contributed by atoms with E-state index in [1.54, 1.807) is 18.2 Å². The summed E-state index contributed by atoms with van der Waals surface area (Å²) in [5.74, 6) is 1.39. The average Bonchev–Trinajstić information content (AvgIpc) is 3.09. The zero-order valence-corrected chi connectivity index (χ0v) is 18.0. The summed E-state index contributed by atoms with van der Waals surface area (Å²) < 4.78 is 28.0. The predicted molar refractivity (Wildman–Crippen MR) is 118 cm³/mol. The maximum atomic E-state index is 13.2. The van der Waals surface area contributed by atoms with Gasteiger partial charge in [0.05, 0.1) is 30.8 Å². The molecule has 5 rings (SSSR count). The van der Waals surface area contributed by atoms with Crippen molar-refractivity contribution in [1.82, 2.24) is 0 Å². The van der Waals surface area contributed by atoms with E-state index in [1.165, 1.54) is 24.5 Å². The Kier molecular flexibility index (Phi) is 6.15. The Labute approximate surface area is 193 Å². The van der Waals surface area contributed by atoms with Crippen LogP contribution in [0.1, 0.15) is 6.42 Å². The number of ether oxygens (including phenoxy) is 4. The van der Waals surface area contributed by atoms with Crippen LogP contribution in [-0.4, -0.2) is 71.0 Å². The van der Waals surface area contributed by atoms with Crippen LogP contribution in [0.4, 0.5) is 0 Å². The van der Waals surface area contributed by atoms with E-state index < -0.39 is 37.3 Å². The summed E-state index contributed by atoms with van der Waals surface area (Å²) in [4.78, 5) is 13.2. The maximum Gasteiger partial charge on any atom is 0.229 e. The summed E-state index contributed by atoms with van der Waals surface area (Å²) in [5.41, 5.74) is 0.965. The van der Waals surface area contributed by atoms with Gasteiger partial charge in [0.25, 0.3) is 0 Å². The minimum atomic E-state index is -1.56. The van der Waals surface area contributed by atoms with Gasteiger partial charge in [0, 0.05) is 12.5 Å². The van der Waals surface area contributed by atoms with Crippen LogP contribution in [0.25, 0.3) is 22.1 Å². The van der Waals surface area contributed by atoms with Crippen molar-refractivity contribution < 1.29 is 43.8 Å². The zero-order valence-electron chi connectivity index (χ0n) is 18.0. The maximum absolute atomic E-state index is 13.2. The van der Waals surface area contributed by atoms with Crippen molar-refractivity contribution in [2.24, 2.45) is 0 Å². The molecule has 0 radical (unpaired) electrons. The van der Waals surface area contributed by atoms with Gasteiger partial charge in [0.2, 0.25) is 6.29 Å². The first kappa shape index (κ1) is 22.6. The summed E-state index contributed by atoms with van der Waals surface area (Å²) >= 11 is 0. The summed E-state index contributed by atoms with van der Waals surface area (Å²) in [6, 6.07) is 9.75. The van der Waals surface area contributed by atoms with Crippen molar-refractivity contribution in [2.75, 3.05) is 19.8 Å². The van der Waals surface area contributed by atoms with Crippen molar-refractivity contribution in [1.29, 1.82) is 0 Å². The standard InChI is InChI=1S/C24H24O10/c25-10-19-21(27)22(28)23(29)24(34-19)33-13-3-4-14-17(9-13)32-11-15(20(14)26)12-2-5-16-18(8-12)31-7-1-6-30-16/h2-5,8-9,11,19,21-25,27-29H,1,6-7,10H2/t19-,21-,22-,23+,24+/m1/s1. The van der Waals surface area contributed by atoms with Crippen LogP contribution in [0.2, 0.25) is 0 Å². The molecule has 1 aromatic heterocycles. The van der Waals surface area contributed by atoms with Gasteiger partial charge in [-0.2, -0.15) is 0 Å². The van der Waals surface area contributed by atoms with Gasteiger partial charge in [-0.3, -0.25) is 4.79 Å². The molecule has 10 nitrogen and oxygen atoms in total. The summed E-state index contributed by atoms with van der Waals surface area (Å²) in [7, 11) is 0. The molecular formula is C24H24O10. The van der Waals surface area contributed by atoms with E-state index >= 15 is 0 Å². The molecule has 0 saturated carbocycles. The fraction of sp³-hybridized carbons (Fsp3) is 0.375. The van der Waals surface area contributed by atoms with Gasteiger partial charge in [-0.25, -0.2) is 0 Å².